The molecule has 0 spiro atoms. The van der Waals surface area contributed by atoms with Crippen molar-refractivity contribution < 1.29 is 27.8 Å². The predicted molar refractivity (Wildman–Crippen MR) is 126 cm³/mol. The second-order valence-corrected chi connectivity index (χ2v) is 7.62. The van der Waals surface area contributed by atoms with Crippen LogP contribution in [0.15, 0.2) is 72.9 Å². The number of amides is 1. The summed E-state index contributed by atoms with van der Waals surface area (Å²) in [5, 5.41) is 7.16. The monoisotopic (exact) mass is 479 g/mol. The summed E-state index contributed by atoms with van der Waals surface area (Å²) in [6.07, 6.45) is 1.52. The van der Waals surface area contributed by atoms with Gasteiger partial charge in [0.15, 0.2) is 11.5 Å². The Kier molecular flexibility index (Phi) is 7.25. The number of nitrogens with one attached hydrogen (secondary N) is 1. The first-order valence-electron chi connectivity index (χ1n) is 10.7. The van der Waals surface area contributed by atoms with Gasteiger partial charge in [0.05, 0.1) is 20.8 Å². The molecule has 1 N–H and O–H groups in total. The lowest BCUT2D eigenvalue weighted by Gasteiger charge is -2.11. The highest BCUT2D eigenvalue weighted by atomic mass is 19.1. The van der Waals surface area contributed by atoms with E-state index in [4.69, 9.17) is 14.2 Å². The van der Waals surface area contributed by atoms with Crippen LogP contribution in [0, 0.1) is 11.6 Å². The van der Waals surface area contributed by atoms with E-state index in [9.17, 15) is 13.6 Å². The van der Waals surface area contributed by atoms with Crippen molar-refractivity contribution in [1.29, 1.82) is 0 Å². The molecule has 7 nitrogen and oxygen atoms in total. The number of rotatable bonds is 9. The molecular weight excluding hydrogens is 456 g/mol. The van der Waals surface area contributed by atoms with Gasteiger partial charge in [-0.25, -0.2) is 8.78 Å². The standard InChI is InChI=1S/C26H23F2N3O4/c1-33-23-10-9-21(13-24(23)34-2)29-25(32)22-15-31(14-17-5-3-7-19(27)11-17)30-26(22)35-16-18-6-4-8-20(28)12-18/h3-13,15H,14,16H2,1-2H3,(H,29,32). The third-order valence-corrected chi connectivity index (χ3v) is 5.11. The Balaban J connectivity index is 1.59. The van der Waals surface area contributed by atoms with Crippen molar-refractivity contribution in [2.45, 2.75) is 13.2 Å². The fraction of sp³-hybridized carbons (Fsp3) is 0.154. The summed E-state index contributed by atoms with van der Waals surface area (Å²) in [5.41, 5.74) is 1.88. The number of anilines is 1. The number of halogens is 2. The van der Waals surface area contributed by atoms with Gasteiger partial charge in [0, 0.05) is 18.0 Å². The molecule has 0 aliphatic carbocycles. The normalized spacial score (nSPS) is 10.6. The fourth-order valence-corrected chi connectivity index (χ4v) is 3.46. The van der Waals surface area contributed by atoms with Crippen LogP contribution >= 0.6 is 0 Å². The van der Waals surface area contributed by atoms with Gasteiger partial charge in [-0.1, -0.05) is 24.3 Å². The Hall–Kier alpha value is -4.40. The summed E-state index contributed by atoms with van der Waals surface area (Å²) < 4.78 is 44.9. The summed E-state index contributed by atoms with van der Waals surface area (Å²) in [7, 11) is 3.02. The van der Waals surface area contributed by atoms with Crippen molar-refractivity contribution >= 4 is 11.6 Å². The zero-order valence-electron chi connectivity index (χ0n) is 19.1. The second-order valence-electron chi connectivity index (χ2n) is 7.62. The molecular formula is C26H23F2N3O4. The zero-order chi connectivity index (χ0) is 24.8. The number of ether oxygens (including phenoxy) is 3. The van der Waals surface area contributed by atoms with Gasteiger partial charge in [0.2, 0.25) is 5.88 Å². The third-order valence-electron chi connectivity index (χ3n) is 5.11. The van der Waals surface area contributed by atoms with E-state index in [0.717, 1.165) is 0 Å². The molecule has 0 aliphatic heterocycles. The molecule has 180 valence electrons. The molecule has 9 heteroatoms. The molecule has 35 heavy (non-hydrogen) atoms. The lowest BCUT2D eigenvalue weighted by atomic mass is 10.2. The SMILES string of the molecule is COc1ccc(NC(=O)c2cn(Cc3cccc(F)c3)nc2OCc2cccc(F)c2)cc1OC. The number of hydrogen-bond acceptors (Lipinski definition) is 5. The first kappa shape index (κ1) is 23.7. The van der Waals surface area contributed by atoms with Gasteiger partial charge in [-0.3, -0.25) is 9.48 Å². The van der Waals surface area contributed by atoms with E-state index in [0.29, 0.717) is 28.3 Å². The Morgan fingerprint density at radius 1 is 0.914 bits per heavy atom. The van der Waals surface area contributed by atoms with Gasteiger partial charge < -0.3 is 19.5 Å². The molecule has 0 fully saturated rings. The van der Waals surface area contributed by atoms with Gasteiger partial charge in [0.25, 0.3) is 5.91 Å². The van der Waals surface area contributed by atoms with Gasteiger partial charge in [-0.2, -0.15) is 0 Å². The number of aromatic nitrogens is 2. The van der Waals surface area contributed by atoms with Gasteiger partial charge in [-0.15, -0.1) is 5.10 Å². The maximum atomic E-state index is 13.6. The summed E-state index contributed by atoms with van der Waals surface area (Å²) in [6.45, 7) is 0.225. The summed E-state index contributed by atoms with van der Waals surface area (Å²) in [6, 6.07) is 17.0. The number of methoxy groups -OCH3 is 2. The Bertz CT molecular complexity index is 1340. The molecule has 1 aromatic heterocycles. The smallest absolute Gasteiger partial charge is 0.262 e. The molecule has 0 radical (unpaired) electrons. The average molecular weight is 479 g/mol. The van der Waals surface area contributed by atoms with Gasteiger partial charge in [0.1, 0.15) is 23.8 Å². The minimum absolute atomic E-state index is 0.00533. The van der Waals surface area contributed by atoms with E-state index in [1.807, 2.05) is 0 Å². The van der Waals surface area contributed by atoms with Crippen LogP contribution in [0.4, 0.5) is 14.5 Å². The molecule has 4 aromatic rings. The van der Waals surface area contributed by atoms with Crippen molar-refractivity contribution in [3.05, 3.63) is 101 Å². The number of nitrogens with zero attached hydrogens (tertiary/aromatic N) is 2. The summed E-state index contributed by atoms with van der Waals surface area (Å²) >= 11 is 0. The van der Waals surface area contributed by atoms with Crippen LogP contribution in [0.25, 0.3) is 0 Å². The Labute approximate surface area is 200 Å². The average Bonchev–Trinajstić information content (AvgIpc) is 3.25. The molecule has 1 heterocycles. The van der Waals surface area contributed by atoms with Gasteiger partial charge >= 0.3 is 0 Å². The van der Waals surface area contributed by atoms with E-state index in [1.54, 1.807) is 42.5 Å². The Morgan fingerprint density at radius 3 is 2.29 bits per heavy atom. The third kappa shape index (κ3) is 5.94. The minimum Gasteiger partial charge on any atom is -0.493 e. The van der Waals surface area contributed by atoms with Crippen molar-refractivity contribution in [1.82, 2.24) is 9.78 Å². The van der Waals surface area contributed by atoms with Crippen LogP contribution in [0.3, 0.4) is 0 Å². The first-order valence-corrected chi connectivity index (χ1v) is 10.7. The second kappa shape index (κ2) is 10.7. The maximum absolute atomic E-state index is 13.6. The molecule has 4 rings (SSSR count). The predicted octanol–water partition coefficient (Wildman–Crippen LogP) is 5.06. The molecule has 0 saturated carbocycles. The van der Waals surface area contributed by atoms with Crippen molar-refractivity contribution in [2.24, 2.45) is 0 Å². The Morgan fingerprint density at radius 2 is 1.60 bits per heavy atom. The van der Waals surface area contributed by atoms with Gasteiger partial charge in [-0.05, 0) is 47.5 Å². The number of benzene rings is 3. The van der Waals surface area contributed by atoms with Crippen LogP contribution in [0.1, 0.15) is 21.5 Å². The van der Waals surface area contributed by atoms with E-state index >= 15 is 0 Å². The lowest BCUT2D eigenvalue weighted by Crippen LogP contribution is -2.13. The molecule has 3 aromatic carbocycles. The maximum Gasteiger partial charge on any atom is 0.262 e. The van der Waals surface area contributed by atoms with E-state index in [1.165, 1.54) is 49.4 Å². The molecule has 0 aliphatic rings. The van der Waals surface area contributed by atoms with Crippen LogP contribution in [0.5, 0.6) is 17.4 Å². The fourth-order valence-electron chi connectivity index (χ4n) is 3.46. The highest BCUT2D eigenvalue weighted by Gasteiger charge is 2.19. The summed E-state index contributed by atoms with van der Waals surface area (Å²) in [5.74, 6) is -0.208. The van der Waals surface area contributed by atoms with Crippen molar-refractivity contribution in [3.8, 4) is 17.4 Å². The molecule has 0 unspecified atom stereocenters. The van der Waals surface area contributed by atoms with E-state index < -0.39 is 11.7 Å². The lowest BCUT2D eigenvalue weighted by molar-refractivity contribution is 0.102. The van der Waals surface area contributed by atoms with Crippen LogP contribution in [-0.4, -0.2) is 29.9 Å². The number of hydrogen-bond donors (Lipinski definition) is 1. The van der Waals surface area contributed by atoms with E-state index in [-0.39, 0.29) is 30.4 Å². The largest absolute Gasteiger partial charge is 0.493 e. The van der Waals surface area contributed by atoms with Crippen LogP contribution in [0.2, 0.25) is 0 Å². The molecule has 0 bridgehead atoms. The minimum atomic E-state index is -0.475. The van der Waals surface area contributed by atoms with Crippen LogP contribution < -0.4 is 19.5 Å². The summed E-state index contributed by atoms with van der Waals surface area (Å²) in [4.78, 5) is 13.1. The van der Waals surface area contributed by atoms with Crippen LogP contribution in [-0.2, 0) is 13.2 Å². The van der Waals surface area contributed by atoms with Crippen molar-refractivity contribution in [2.75, 3.05) is 19.5 Å². The first-order chi connectivity index (χ1) is 16.9. The molecule has 0 saturated heterocycles. The number of carbonyl (C=O) groups excluding carboxylic acids is 1. The topological polar surface area (TPSA) is 74.6 Å². The molecule has 1 amide bonds. The molecule has 0 atom stereocenters. The quantitative estimate of drug-likeness (QED) is 0.363. The van der Waals surface area contributed by atoms with E-state index in [2.05, 4.69) is 10.4 Å². The highest BCUT2D eigenvalue weighted by molar-refractivity contribution is 6.05. The highest BCUT2D eigenvalue weighted by Crippen LogP contribution is 2.30. The number of carbonyl (C=O) groups is 1. The zero-order valence-corrected chi connectivity index (χ0v) is 19.1. The van der Waals surface area contributed by atoms with Crippen molar-refractivity contribution in [3.63, 3.8) is 0 Å².